The first kappa shape index (κ1) is 30.2. The highest BCUT2D eigenvalue weighted by Crippen LogP contribution is 2.14. The summed E-state index contributed by atoms with van der Waals surface area (Å²) in [6.07, 6.45) is 19.0. The summed E-state index contributed by atoms with van der Waals surface area (Å²) in [4.78, 5) is 24.4. The molecule has 0 fully saturated rings. The molecule has 0 aliphatic heterocycles. The van der Waals surface area contributed by atoms with Crippen molar-refractivity contribution in [2.24, 2.45) is 5.92 Å². The van der Waals surface area contributed by atoms with Crippen LogP contribution < -0.4 is 0 Å². The summed E-state index contributed by atoms with van der Waals surface area (Å²) in [6.45, 7) is 8.82. The Kier molecular flexibility index (Phi) is 17.3. The molecule has 0 aliphatic carbocycles. The zero-order valence-corrected chi connectivity index (χ0v) is 22.4. The average Bonchev–Trinajstić information content (AvgIpc) is 2.81. The Balaban J connectivity index is 2.05. The molecule has 1 rings (SSSR count). The molecule has 34 heavy (non-hydrogen) atoms. The Bertz CT molecular complexity index is 650. The van der Waals surface area contributed by atoms with Gasteiger partial charge >= 0.3 is 11.9 Å². The summed E-state index contributed by atoms with van der Waals surface area (Å²) in [5.41, 5.74) is 0.927. The molecule has 0 amide bonds. The molecular weight excluding hydrogens is 424 g/mol. The van der Waals surface area contributed by atoms with E-state index in [0.29, 0.717) is 23.7 Å². The van der Waals surface area contributed by atoms with E-state index in [1.54, 1.807) is 24.3 Å². The smallest absolute Gasteiger partial charge is 0.338 e. The monoisotopic (exact) mass is 474 g/mol. The van der Waals surface area contributed by atoms with E-state index in [1.165, 1.54) is 77.0 Å². The van der Waals surface area contributed by atoms with Gasteiger partial charge in [-0.15, -0.1) is 0 Å². The lowest BCUT2D eigenvalue weighted by atomic mass is 10.0. The number of benzene rings is 1. The van der Waals surface area contributed by atoms with Crippen molar-refractivity contribution < 1.29 is 19.1 Å². The molecule has 1 aromatic carbocycles. The van der Waals surface area contributed by atoms with Gasteiger partial charge in [-0.25, -0.2) is 9.59 Å². The number of carbonyl (C=O) groups excluding carboxylic acids is 2. The van der Waals surface area contributed by atoms with Crippen molar-refractivity contribution in [2.45, 2.75) is 130 Å². The third-order valence-electron chi connectivity index (χ3n) is 6.20. The van der Waals surface area contributed by atoms with Gasteiger partial charge in [0, 0.05) is 0 Å². The van der Waals surface area contributed by atoms with Crippen LogP contribution in [0.25, 0.3) is 0 Å². The average molecular weight is 475 g/mol. The first-order chi connectivity index (χ1) is 16.4. The summed E-state index contributed by atoms with van der Waals surface area (Å²) in [6, 6.07) is 6.54. The molecule has 4 heteroatoms. The predicted molar refractivity (Wildman–Crippen MR) is 141 cm³/mol. The highest BCUT2D eigenvalue weighted by molar-refractivity contribution is 5.93. The van der Waals surface area contributed by atoms with E-state index in [2.05, 4.69) is 20.8 Å². The Hall–Kier alpha value is -1.84. The van der Waals surface area contributed by atoms with Crippen molar-refractivity contribution >= 4 is 11.9 Å². The standard InChI is InChI=1S/C30H50O4/c1-5-6-7-8-9-10-11-12-13-14-15-16-17-18-23-33-29(31)27-19-21-28(22-20-27)30(32)34-26(4)24-25(2)3/h19-22,25-26H,5-18,23-24H2,1-4H3. The molecule has 1 atom stereocenters. The summed E-state index contributed by atoms with van der Waals surface area (Å²) in [5, 5.41) is 0. The number of unbranched alkanes of at least 4 members (excludes halogenated alkanes) is 13. The normalized spacial score (nSPS) is 12.0. The fourth-order valence-corrected chi connectivity index (χ4v) is 4.25. The molecule has 0 aromatic heterocycles. The van der Waals surface area contributed by atoms with E-state index < -0.39 is 0 Å². The lowest BCUT2D eigenvalue weighted by Crippen LogP contribution is -2.17. The quantitative estimate of drug-likeness (QED) is 0.140. The summed E-state index contributed by atoms with van der Waals surface area (Å²) < 4.78 is 10.8. The van der Waals surface area contributed by atoms with E-state index in [4.69, 9.17) is 9.47 Å². The number of hydrogen-bond donors (Lipinski definition) is 0. The molecule has 194 valence electrons. The molecule has 0 spiro atoms. The van der Waals surface area contributed by atoms with Crippen LogP contribution in [0.15, 0.2) is 24.3 Å². The molecule has 0 radical (unpaired) electrons. The number of carbonyl (C=O) groups is 2. The molecule has 1 unspecified atom stereocenters. The molecular formula is C30H50O4. The number of ether oxygens (including phenoxy) is 2. The third-order valence-corrected chi connectivity index (χ3v) is 6.20. The van der Waals surface area contributed by atoms with Crippen molar-refractivity contribution in [1.29, 1.82) is 0 Å². The molecule has 0 bridgehead atoms. The summed E-state index contributed by atoms with van der Waals surface area (Å²) in [7, 11) is 0. The van der Waals surface area contributed by atoms with Crippen LogP contribution in [0, 0.1) is 5.92 Å². The molecule has 0 heterocycles. The van der Waals surface area contributed by atoms with Crippen LogP contribution in [0.4, 0.5) is 0 Å². The van der Waals surface area contributed by atoms with Crippen molar-refractivity contribution in [1.82, 2.24) is 0 Å². The largest absolute Gasteiger partial charge is 0.462 e. The van der Waals surface area contributed by atoms with Gasteiger partial charge in [-0.3, -0.25) is 0 Å². The zero-order valence-electron chi connectivity index (χ0n) is 22.4. The van der Waals surface area contributed by atoms with Gasteiger partial charge in [-0.2, -0.15) is 0 Å². The summed E-state index contributed by atoms with van der Waals surface area (Å²) in [5.74, 6) is -0.210. The molecule has 0 saturated heterocycles. The van der Waals surface area contributed by atoms with Crippen LogP contribution in [0.3, 0.4) is 0 Å². The van der Waals surface area contributed by atoms with E-state index in [0.717, 1.165) is 19.3 Å². The number of esters is 2. The Morgan fingerprint density at radius 3 is 1.50 bits per heavy atom. The second-order valence-electron chi connectivity index (χ2n) is 10.2. The highest BCUT2D eigenvalue weighted by Gasteiger charge is 2.14. The number of hydrogen-bond acceptors (Lipinski definition) is 4. The fourth-order valence-electron chi connectivity index (χ4n) is 4.25. The van der Waals surface area contributed by atoms with Crippen molar-refractivity contribution in [3.63, 3.8) is 0 Å². The Morgan fingerprint density at radius 2 is 1.06 bits per heavy atom. The van der Waals surface area contributed by atoms with Gasteiger partial charge in [0.15, 0.2) is 0 Å². The van der Waals surface area contributed by atoms with Crippen molar-refractivity contribution in [2.75, 3.05) is 6.61 Å². The van der Waals surface area contributed by atoms with Gasteiger partial charge in [-0.05, 0) is 49.9 Å². The third kappa shape index (κ3) is 15.1. The van der Waals surface area contributed by atoms with Crippen LogP contribution in [0.2, 0.25) is 0 Å². The maximum Gasteiger partial charge on any atom is 0.338 e. The van der Waals surface area contributed by atoms with Gasteiger partial charge in [0.25, 0.3) is 0 Å². The Morgan fingerprint density at radius 1 is 0.647 bits per heavy atom. The zero-order chi connectivity index (χ0) is 25.0. The van der Waals surface area contributed by atoms with E-state index >= 15 is 0 Å². The van der Waals surface area contributed by atoms with Crippen LogP contribution in [-0.2, 0) is 9.47 Å². The molecule has 1 aromatic rings. The van der Waals surface area contributed by atoms with Crippen LogP contribution in [0.5, 0.6) is 0 Å². The van der Waals surface area contributed by atoms with E-state index in [9.17, 15) is 9.59 Å². The molecule has 0 saturated carbocycles. The van der Waals surface area contributed by atoms with Gasteiger partial charge in [0.1, 0.15) is 0 Å². The maximum atomic E-state index is 12.2. The summed E-state index contributed by atoms with van der Waals surface area (Å²) >= 11 is 0. The second-order valence-corrected chi connectivity index (χ2v) is 10.2. The van der Waals surface area contributed by atoms with E-state index in [-0.39, 0.29) is 18.0 Å². The minimum Gasteiger partial charge on any atom is -0.462 e. The molecule has 4 nitrogen and oxygen atoms in total. The lowest BCUT2D eigenvalue weighted by Gasteiger charge is -2.15. The first-order valence-corrected chi connectivity index (χ1v) is 13.9. The van der Waals surface area contributed by atoms with Gasteiger partial charge in [-0.1, -0.05) is 104 Å². The van der Waals surface area contributed by atoms with Crippen molar-refractivity contribution in [3.05, 3.63) is 35.4 Å². The Labute approximate surface area is 209 Å². The van der Waals surface area contributed by atoms with E-state index in [1.807, 2.05) is 6.92 Å². The SMILES string of the molecule is CCCCCCCCCCCCCCCCOC(=O)c1ccc(C(=O)OC(C)CC(C)C)cc1. The van der Waals surface area contributed by atoms with Crippen LogP contribution in [-0.4, -0.2) is 24.6 Å². The van der Waals surface area contributed by atoms with Gasteiger partial charge in [0.2, 0.25) is 0 Å². The topological polar surface area (TPSA) is 52.6 Å². The minimum absolute atomic E-state index is 0.123. The predicted octanol–water partition coefficient (Wildman–Crippen LogP) is 8.92. The highest BCUT2D eigenvalue weighted by atomic mass is 16.5. The van der Waals surface area contributed by atoms with Crippen LogP contribution >= 0.6 is 0 Å². The maximum absolute atomic E-state index is 12.2. The molecule has 0 N–H and O–H groups in total. The lowest BCUT2D eigenvalue weighted by molar-refractivity contribution is 0.0298. The van der Waals surface area contributed by atoms with Gasteiger partial charge < -0.3 is 9.47 Å². The molecule has 0 aliphatic rings. The minimum atomic E-state index is -0.351. The van der Waals surface area contributed by atoms with Crippen molar-refractivity contribution in [3.8, 4) is 0 Å². The number of rotatable bonds is 20. The first-order valence-electron chi connectivity index (χ1n) is 13.9. The second kappa shape index (κ2) is 19.5. The van der Waals surface area contributed by atoms with Gasteiger partial charge in [0.05, 0.1) is 23.8 Å². The fraction of sp³-hybridized carbons (Fsp3) is 0.733. The van der Waals surface area contributed by atoms with Crippen LogP contribution in [0.1, 0.15) is 145 Å².